The molecule has 0 saturated heterocycles. The summed E-state index contributed by atoms with van der Waals surface area (Å²) >= 11 is 1.52. The van der Waals surface area contributed by atoms with Crippen LogP contribution >= 0.6 is 11.8 Å². The molecular formula is C17H14F3NO4S. The number of alkyl halides is 3. The SMILES string of the molecule is COC(=O)c1c(C(=O)OC)c(-c2ccc(C(F)(F)F)cc2)n2c1CSC2. The first kappa shape index (κ1) is 18.4. The third kappa shape index (κ3) is 2.96. The average Bonchev–Trinajstić information content (AvgIpc) is 3.19. The van der Waals surface area contributed by atoms with Crippen molar-refractivity contribution in [3.8, 4) is 11.3 Å². The van der Waals surface area contributed by atoms with E-state index in [0.29, 0.717) is 28.6 Å². The minimum atomic E-state index is -4.46. The van der Waals surface area contributed by atoms with Gasteiger partial charge in [0.05, 0.1) is 36.9 Å². The summed E-state index contributed by atoms with van der Waals surface area (Å²) in [5.41, 5.74) is 0.644. The van der Waals surface area contributed by atoms with Gasteiger partial charge in [-0.15, -0.1) is 11.8 Å². The number of hydrogen-bond donors (Lipinski definition) is 0. The fourth-order valence-electron chi connectivity index (χ4n) is 2.93. The lowest BCUT2D eigenvalue weighted by Gasteiger charge is -2.11. The summed E-state index contributed by atoms with van der Waals surface area (Å²) in [5, 5.41) is 0. The van der Waals surface area contributed by atoms with Gasteiger partial charge >= 0.3 is 18.1 Å². The number of nitrogens with zero attached hydrogens (tertiary/aromatic N) is 1. The van der Waals surface area contributed by atoms with E-state index < -0.39 is 23.7 Å². The first-order valence-corrected chi connectivity index (χ1v) is 8.62. The van der Waals surface area contributed by atoms with Crippen molar-refractivity contribution in [2.75, 3.05) is 14.2 Å². The molecule has 0 spiro atoms. The minimum Gasteiger partial charge on any atom is -0.465 e. The van der Waals surface area contributed by atoms with Crippen LogP contribution in [0.4, 0.5) is 13.2 Å². The van der Waals surface area contributed by atoms with E-state index in [1.54, 1.807) is 4.57 Å². The van der Waals surface area contributed by atoms with Gasteiger partial charge in [0.2, 0.25) is 0 Å². The summed E-state index contributed by atoms with van der Waals surface area (Å²) in [4.78, 5) is 24.6. The number of aromatic nitrogens is 1. The van der Waals surface area contributed by atoms with Crippen LogP contribution < -0.4 is 0 Å². The van der Waals surface area contributed by atoms with Crippen molar-refractivity contribution in [2.45, 2.75) is 17.8 Å². The number of carbonyl (C=O) groups is 2. The van der Waals surface area contributed by atoms with Crippen LogP contribution in [0.5, 0.6) is 0 Å². The maximum absolute atomic E-state index is 12.8. The van der Waals surface area contributed by atoms with Crippen molar-refractivity contribution in [3.05, 3.63) is 46.6 Å². The normalized spacial score (nSPS) is 13.4. The number of rotatable bonds is 3. The molecule has 0 fully saturated rings. The second-order valence-corrected chi connectivity index (χ2v) is 6.46. The molecule has 1 aromatic heterocycles. The monoisotopic (exact) mass is 385 g/mol. The molecule has 1 aliphatic heterocycles. The van der Waals surface area contributed by atoms with Crippen LogP contribution in [0.1, 0.15) is 32.0 Å². The quantitative estimate of drug-likeness (QED) is 0.749. The van der Waals surface area contributed by atoms with Gasteiger partial charge < -0.3 is 14.0 Å². The van der Waals surface area contributed by atoms with Crippen LogP contribution in [-0.4, -0.2) is 30.7 Å². The molecule has 1 aliphatic rings. The fourth-order valence-corrected chi connectivity index (χ4v) is 3.99. The molecule has 138 valence electrons. The fraction of sp³-hybridized carbons (Fsp3) is 0.294. The highest BCUT2D eigenvalue weighted by molar-refractivity contribution is 7.97. The van der Waals surface area contributed by atoms with E-state index in [4.69, 9.17) is 9.47 Å². The van der Waals surface area contributed by atoms with E-state index in [1.165, 1.54) is 38.1 Å². The molecule has 0 unspecified atom stereocenters. The highest BCUT2D eigenvalue weighted by Gasteiger charge is 2.35. The Morgan fingerprint density at radius 2 is 1.62 bits per heavy atom. The van der Waals surface area contributed by atoms with Gasteiger partial charge in [0, 0.05) is 11.4 Å². The topological polar surface area (TPSA) is 57.5 Å². The summed E-state index contributed by atoms with van der Waals surface area (Å²) < 4.78 is 49.8. The van der Waals surface area contributed by atoms with Crippen molar-refractivity contribution in [1.82, 2.24) is 4.57 Å². The first-order chi connectivity index (χ1) is 12.3. The number of benzene rings is 1. The number of thioether (sulfide) groups is 1. The van der Waals surface area contributed by atoms with E-state index in [-0.39, 0.29) is 11.1 Å². The van der Waals surface area contributed by atoms with Gasteiger partial charge in [-0.2, -0.15) is 13.2 Å². The van der Waals surface area contributed by atoms with Crippen LogP contribution in [0.25, 0.3) is 11.3 Å². The lowest BCUT2D eigenvalue weighted by atomic mass is 10.0. The molecule has 1 aromatic carbocycles. The van der Waals surface area contributed by atoms with E-state index in [0.717, 1.165) is 12.1 Å². The van der Waals surface area contributed by atoms with Crippen molar-refractivity contribution in [3.63, 3.8) is 0 Å². The van der Waals surface area contributed by atoms with Gasteiger partial charge in [-0.05, 0) is 17.7 Å². The number of carbonyl (C=O) groups excluding carboxylic acids is 2. The predicted octanol–water partition coefficient (Wildman–Crippen LogP) is 3.95. The highest BCUT2D eigenvalue weighted by atomic mass is 32.2. The largest absolute Gasteiger partial charge is 0.465 e. The Hall–Kier alpha value is -2.42. The molecule has 0 amide bonds. The van der Waals surface area contributed by atoms with Crippen molar-refractivity contribution >= 4 is 23.7 Å². The standard InChI is InChI=1S/C17H14F3NO4S/c1-24-15(22)12-11-7-26-8-21(11)14(13(12)16(23)25-2)9-3-5-10(6-4-9)17(18,19)20/h3-6H,7-8H2,1-2H3. The Morgan fingerprint density at radius 1 is 1.04 bits per heavy atom. The van der Waals surface area contributed by atoms with Crippen LogP contribution in [0, 0.1) is 0 Å². The molecule has 2 aromatic rings. The summed E-state index contributed by atoms with van der Waals surface area (Å²) in [6.45, 7) is 0. The predicted molar refractivity (Wildman–Crippen MR) is 88.8 cm³/mol. The Morgan fingerprint density at radius 3 is 2.15 bits per heavy atom. The van der Waals surface area contributed by atoms with Gasteiger partial charge in [0.1, 0.15) is 5.56 Å². The zero-order valence-corrected chi connectivity index (χ0v) is 14.7. The molecule has 0 atom stereocenters. The highest BCUT2D eigenvalue weighted by Crippen LogP contribution is 2.40. The van der Waals surface area contributed by atoms with Crippen LogP contribution in [0.3, 0.4) is 0 Å². The Labute approximate surface area is 151 Å². The van der Waals surface area contributed by atoms with Gasteiger partial charge in [-0.1, -0.05) is 12.1 Å². The molecule has 0 saturated carbocycles. The number of hydrogen-bond acceptors (Lipinski definition) is 5. The summed E-state index contributed by atoms with van der Waals surface area (Å²) in [6, 6.07) is 4.44. The van der Waals surface area contributed by atoms with Gasteiger partial charge in [-0.3, -0.25) is 0 Å². The Balaban J connectivity index is 2.24. The molecule has 0 N–H and O–H groups in total. The number of halogens is 3. The Bertz CT molecular complexity index is 872. The maximum Gasteiger partial charge on any atom is 0.416 e. The smallest absolute Gasteiger partial charge is 0.416 e. The molecule has 9 heteroatoms. The molecule has 2 heterocycles. The summed E-state index contributed by atoms with van der Waals surface area (Å²) in [7, 11) is 2.38. The lowest BCUT2D eigenvalue weighted by Crippen LogP contribution is -2.12. The zero-order valence-electron chi connectivity index (χ0n) is 13.8. The number of fused-ring (bicyclic) bond motifs is 1. The number of esters is 2. The van der Waals surface area contributed by atoms with Crippen LogP contribution in [-0.2, 0) is 27.3 Å². The second kappa shape index (κ2) is 6.71. The lowest BCUT2D eigenvalue weighted by molar-refractivity contribution is -0.137. The molecule has 0 radical (unpaired) electrons. The van der Waals surface area contributed by atoms with Crippen molar-refractivity contribution in [2.24, 2.45) is 0 Å². The van der Waals surface area contributed by atoms with Gasteiger partial charge in [-0.25, -0.2) is 9.59 Å². The molecule has 0 bridgehead atoms. The van der Waals surface area contributed by atoms with Crippen molar-refractivity contribution < 1.29 is 32.2 Å². The third-order valence-electron chi connectivity index (χ3n) is 4.09. The van der Waals surface area contributed by atoms with Crippen LogP contribution in [0.2, 0.25) is 0 Å². The molecular weight excluding hydrogens is 371 g/mol. The summed E-state index contributed by atoms with van der Waals surface area (Å²) in [6.07, 6.45) is -4.46. The van der Waals surface area contributed by atoms with E-state index >= 15 is 0 Å². The number of methoxy groups -OCH3 is 2. The second-order valence-electron chi connectivity index (χ2n) is 5.51. The third-order valence-corrected chi connectivity index (χ3v) is 5.01. The van der Waals surface area contributed by atoms with Gasteiger partial charge in [0.15, 0.2) is 0 Å². The maximum atomic E-state index is 12.8. The zero-order chi connectivity index (χ0) is 19.1. The van der Waals surface area contributed by atoms with E-state index in [2.05, 4.69) is 0 Å². The molecule has 26 heavy (non-hydrogen) atoms. The van der Waals surface area contributed by atoms with Gasteiger partial charge in [0.25, 0.3) is 0 Å². The van der Waals surface area contributed by atoms with E-state index in [1.807, 2.05) is 0 Å². The molecule has 0 aliphatic carbocycles. The minimum absolute atomic E-state index is 0.00871. The Kier molecular flexibility index (Phi) is 4.74. The molecule has 3 rings (SSSR count). The average molecular weight is 385 g/mol. The first-order valence-electron chi connectivity index (χ1n) is 7.47. The van der Waals surface area contributed by atoms with Crippen molar-refractivity contribution in [1.29, 1.82) is 0 Å². The van der Waals surface area contributed by atoms with E-state index in [9.17, 15) is 22.8 Å². The van der Waals surface area contributed by atoms with Crippen LogP contribution in [0.15, 0.2) is 24.3 Å². The summed E-state index contributed by atoms with van der Waals surface area (Å²) in [5.74, 6) is -0.483. The molecule has 5 nitrogen and oxygen atoms in total. The number of ether oxygens (including phenoxy) is 2.